The molecule has 3 rings (SSSR count). The zero-order chi connectivity index (χ0) is 14.1. The van der Waals surface area contributed by atoms with Gasteiger partial charge >= 0.3 is 0 Å². The SMILES string of the molecule is O=C1C=C(O)[C@H](n2cncn2)[C@@H](c2cccc(Cl)c2)C1. The lowest BCUT2D eigenvalue weighted by Gasteiger charge is -2.29. The first-order valence-electron chi connectivity index (χ1n) is 6.18. The van der Waals surface area contributed by atoms with E-state index in [-0.39, 0.29) is 17.5 Å². The summed E-state index contributed by atoms with van der Waals surface area (Å²) in [5.41, 5.74) is 0.894. The third kappa shape index (κ3) is 2.32. The minimum absolute atomic E-state index is 0.00303. The number of halogens is 1. The summed E-state index contributed by atoms with van der Waals surface area (Å²) in [6.07, 6.45) is 4.49. The van der Waals surface area contributed by atoms with Crippen molar-refractivity contribution >= 4 is 17.4 Å². The van der Waals surface area contributed by atoms with Gasteiger partial charge in [-0.2, -0.15) is 5.10 Å². The number of aliphatic hydroxyl groups excluding tert-OH is 1. The van der Waals surface area contributed by atoms with Crippen LogP contribution in [0.3, 0.4) is 0 Å². The number of carbonyl (C=O) groups excluding carboxylic acids is 1. The molecule has 0 radical (unpaired) electrons. The lowest BCUT2D eigenvalue weighted by Crippen LogP contribution is -2.27. The molecule has 0 saturated heterocycles. The van der Waals surface area contributed by atoms with Crippen LogP contribution in [0.1, 0.15) is 23.9 Å². The molecule has 6 heteroatoms. The number of aliphatic hydroxyl groups is 1. The highest BCUT2D eigenvalue weighted by Crippen LogP contribution is 2.39. The van der Waals surface area contributed by atoms with Gasteiger partial charge in [0.15, 0.2) is 5.78 Å². The molecule has 1 aromatic heterocycles. The van der Waals surface area contributed by atoms with Crippen LogP contribution in [0.5, 0.6) is 0 Å². The highest BCUT2D eigenvalue weighted by Gasteiger charge is 2.34. The molecular formula is C14H12ClN3O2. The van der Waals surface area contributed by atoms with Gasteiger partial charge in [-0.15, -0.1) is 0 Å². The average molecular weight is 290 g/mol. The first-order chi connectivity index (χ1) is 9.65. The van der Waals surface area contributed by atoms with Gasteiger partial charge in [0.1, 0.15) is 24.5 Å². The Morgan fingerprint density at radius 2 is 2.25 bits per heavy atom. The third-order valence-corrected chi connectivity index (χ3v) is 3.65. The van der Waals surface area contributed by atoms with Gasteiger partial charge in [0, 0.05) is 23.4 Å². The summed E-state index contributed by atoms with van der Waals surface area (Å²) in [6.45, 7) is 0. The van der Waals surface area contributed by atoms with Crippen molar-refractivity contribution in [1.82, 2.24) is 14.8 Å². The maximum Gasteiger partial charge on any atom is 0.159 e. The minimum Gasteiger partial charge on any atom is -0.510 e. The fraction of sp³-hybridized carbons (Fsp3) is 0.214. The molecule has 1 aliphatic rings. The molecule has 20 heavy (non-hydrogen) atoms. The molecule has 1 N–H and O–H groups in total. The van der Waals surface area contributed by atoms with Gasteiger partial charge in [-0.3, -0.25) is 4.79 Å². The molecule has 0 saturated carbocycles. The average Bonchev–Trinajstić information content (AvgIpc) is 2.91. The highest BCUT2D eigenvalue weighted by atomic mass is 35.5. The van der Waals surface area contributed by atoms with Crippen LogP contribution in [0.25, 0.3) is 0 Å². The zero-order valence-corrected chi connectivity index (χ0v) is 11.2. The fourth-order valence-electron chi connectivity index (χ4n) is 2.56. The van der Waals surface area contributed by atoms with Gasteiger partial charge in [0.25, 0.3) is 0 Å². The summed E-state index contributed by atoms with van der Waals surface area (Å²) in [7, 11) is 0. The van der Waals surface area contributed by atoms with E-state index in [0.717, 1.165) is 5.56 Å². The molecule has 1 aliphatic carbocycles. The van der Waals surface area contributed by atoms with Crippen molar-refractivity contribution < 1.29 is 9.90 Å². The predicted octanol–water partition coefficient (Wildman–Crippen LogP) is 2.67. The van der Waals surface area contributed by atoms with Gasteiger partial charge in [-0.25, -0.2) is 9.67 Å². The first kappa shape index (κ1) is 12.9. The van der Waals surface area contributed by atoms with Crippen LogP contribution in [-0.4, -0.2) is 25.7 Å². The van der Waals surface area contributed by atoms with Gasteiger partial charge in [0.2, 0.25) is 0 Å². The predicted molar refractivity (Wildman–Crippen MR) is 73.6 cm³/mol. The fourth-order valence-corrected chi connectivity index (χ4v) is 2.76. The second-order valence-electron chi connectivity index (χ2n) is 4.72. The summed E-state index contributed by atoms with van der Waals surface area (Å²) < 4.78 is 1.56. The Labute approximate surface area is 120 Å². The maximum atomic E-state index is 11.7. The van der Waals surface area contributed by atoms with Crippen LogP contribution in [0.2, 0.25) is 5.02 Å². The van der Waals surface area contributed by atoms with E-state index in [1.165, 1.54) is 18.7 Å². The van der Waals surface area contributed by atoms with E-state index in [4.69, 9.17) is 11.6 Å². The van der Waals surface area contributed by atoms with E-state index in [9.17, 15) is 9.90 Å². The van der Waals surface area contributed by atoms with Crippen molar-refractivity contribution in [2.24, 2.45) is 0 Å². The Hall–Kier alpha value is -2.14. The van der Waals surface area contributed by atoms with E-state index < -0.39 is 6.04 Å². The molecule has 2 atom stereocenters. The zero-order valence-electron chi connectivity index (χ0n) is 10.5. The monoisotopic (exact) mass is 289 g/mol. The number of ketones is 1. The first-order valence-corrected chi connectivity index (χ1v) is 6.56. The summed E-state index contributed by atoms with van der Waals surface area (Å²) >= 11 is 6.01. The van der Waals surface area contributed by atoms with E-state index in [1.54, 1.807) is 10.7 Å². The van der Waals surface area contributed by atoms with E-state index in [2.05, 4.69) is 10.1 Å². The van der Waals surface area contributed by atoms with Crippen LogP contribution in [0, 0.1) is 0 Å². The topological polar surface area (TPSA) is 68.0 Å². The third-order valence-electron chi connectivity index (χ3n) is 3.41. The number of rotatable bonds is 2. The standard InChI is InChI=1S/C14H12ClN3O2/c15-10-3-1-2-9(4-10)12-5-11(19)6-13(20)14(12)18-8-16-7-17-18/h1-4,6-8,12,14,20H,5H2/t12-,14-/m1/s1. The largest absolute Gasteiger partial charge is 0.510 e. The Bertz CT molecular complexity index is 667. The van der Waals surface area contributed by atoms with Crippen LogP contribution < -0.4 is 0 Å². The van der Waals surface area contributed by atoms with Gasteiger partial charge in [0.05, 0.1) is 0 Å². The Morgan fingerprint density at radius 1 is 1.40 bits per heavy atom. The second kappa shape index (κ2) is 5.09. The van der Waals surface area contributed by atoms with E-state index in [1.807, 2.05) is 18.2 Å². The van der Waals surface area contributed by atoms with Crippen LogP contribution in [0.15, 0.2) is 48.8 Å². The quantitative estimate of drug-likeness (QED) is 0.923. The van der Waals surface area contributed by atoms with Crippen molar-refractivity contribution in [2.75, 3.05) is 0 Å². The molecule has 0 unspecified atom stereocenters. The minimum atomic E-state index is -0.436. The van der Waals surface area contributed by atoms with Crippen molar-refractivity contribution in [2.45, 2.75) is 18.4 Å². The number of hydrogen-bond acceptors (Lipinski definition) is 4. The summed E-state index contributed by atoms with van der Waals surface area (Å²) in [5.74, 6) is -0.325. The number of hydrogen-bond donors (Lipinski definition) is 1. The summed E-state index contributed by atoms with van der Waals surface area (Å²) in [6, 6.07) is 6.87. The van der Waals surface area contributed by atoms with Crippen molar-refractivity contribution in [3.63, 3.8) is 0 Å². The summed E-state index contributed by atoms with van der Waals surface area (Å²) in [4.78, 5) is 15.6. The second-order valence-corrected chi connectivity index (χ2v) is 5.16. The Balaban J connectivity index is 2.07. The van der Waals surface area contributed by atoms with Gasteiger partial charge in [-0.05, 0) is 17.7 Å². The molecule has 5 nitrogen and oxygen atoms in total. The molecule has 2 aromatic rings. The van der Waals surface area contributed by atoms with Crippen molar-refractivity contribution in [3.8, 4) is 0 Å². The molecule has 102 valence electrons. The number of nitrogens with zero attached hydrogens (tertiary/aromatic N) is 3. The molecule has 0 bridgehead atoms. The van der Waals surface area contributed by atoms with Gasteiger partial charge in [-0.1, -0.05) is 23.7 Å². The normalized spacial score (nSPS) is 22.6. The number of allylic oxidation sites excluding steroid dienone is 2. The van der Waals surface area contributed by atoms with Crippen molar-refractivity contribution in [1.29, 1.82) is 0 Å². The van der Waals surface area contributed by atoms with Gasteiger partial charge < -0.3 is 5.11 Å². The number of carbonyl (C=O) groups is 1. The van der Waals surface area contributed by atoms with Crippen LogP contribution >= 0.6 is 11.6 Å². The summed E-state index contributed by atoms with van der Waals surface area (Å²) in [5, 5.41) is 14.8. The molecule has 1 heterocycles. The lowest BCUT2D eigenvalue weighted by molar-refractivity contribution is -0.116. The highest BCUT2D eigenvalue weighted by molar-refractivity contribution is 6.30. The van der Waals surface area contributed by atoms with E-state index in [0.29, 0.717) is 11.4 Å². The smallest absolute Gasteiger partial charge is 0.159 e. The van der Waals surface area contributed by atoms with E-state index >= 15 is 0 Å². The molecule has 1 aromatic carbocycles. The molecule has 0 spiro atoms. The van der Waals surface area contributed by atoms with Crippen molar-refractivity contribution in [3.05, 3.63) is 59.3 Å². The maximum absolute atomic E-state index is 11.7. The molecule has 0 aliphatic heterocycles. The number of aromatic nitrogens is 3. The Kier molecular flexibility index (Phi) is 3.28. The Morgan fingerprint density at radius 3 is 2.95 bits per heavy atom. The molecular weight excluding hydrogens is 278 g/mol. The van der Waals surface area contributed by atoms with Crippen LogP contribution in [-0.2, 0) is 4.79 Å². The number of benzene rings is 1. The molecule has 0 fully saturated rings. The molecule has 0 amide bonds. The van der Waals surface area contributed by atoms with Crippen LogP contribution in [0.4, 0.5) is 0 Å². The lowest BCUT2D eigenvalue weighted by atomic mass is 9.82.